The first-order chi connectivity index (χ1) is 11.2. The van der Waals surface area contributed by atoms with Gasteiger partial charge in [-0.1, -0.05) is 6.08 Å². The quantitative estimate of drug-likeness (QED) is 0.819. The average molecular weight is 317 g/mol. The number of aromatic hydroxyl groups is 1. The Labute approximate surface area is 138 Å². The molecule has 3 rings (SSSR count). The number of phenolic OH excluding ortho intramolecular Hbond substituents is 1. The summed E-state index contributed by atoms with van der Waals surface area (Å²) in [6.45, 7) is 11.0. The van der Waals surface area contributed by atoms with E-state index < -0.39 is 0 Å². The van der Waals surface area contributed by atoms with Crippen molar-refractivity contribution in [2.75, 3.05) is 32.9 Å². The van der Waals surface area contributed by atoms with E-state index in [1.807, 2.05) is 25.1 Å². The van der Waals surface area contributed by atoms with Crippen molar-refractivity contribution in [3.8, 4) is 11.5 Å². The molecule has 1 atom stereocenters. The van der Waals surface area contributed by atoms with Gasteiger partial charge in [-0.2, -0.15) is 0 Å². The Morgan fingerprint density at radius 1 is 1.39 bits per heavy atom. The zero-order valence-corrected chi connectivity index (χ0v) is 14.0. The highest BCUT2D eigenvalue weighted by Crippen LogP contribution is 2.39. The Morgan fingerprint density at radius 3 is 2.91 bits per heavy atom. The summed E-state index contributed by atoms with van der Waals surface area (Å²) in [6.07, 6.45) is 4.82. The molecule has 2 aliphatic heterocycles. The minimum atomic E-state index is 0.344. The zero-order valence-electron chi connectivity index (χ0n) is 14.0. The highest BCUT2D eigenvalue weighted by molar-refractivity contribution is 5.47. The van der Waals surface area contributed by atoms with Crippen LogP contribution in [0.5, 0.6) is 11.5 Å². The Balaban J connectivity index is 1.77. The predicted molar refractivity (Wildman–Crippen MR) is 90.9 cm³/mol. The maximum absolute atomic E-state index is 10.6. The molecule has 1 aromatic carbocycles. The lowest BCUT2D eigenvalue weighted by molar-refractivity contribution is 0.151. The van der Waals surface area contributed by atoms with Crippen molar-refractivity contribution >= 4 is 0 Å². The summed E-state index contributed by atoms with van der Waals surface area (Å²) in [4.78, 5) is 2.43. The lowest BCUT2D eigenvalue weighted by Crippen LogP contribution is -2.27. The largest absolute Gasteiger partial charge is 0.507 e. The molecule has 2 fully saturated rings. The van der Waals surface area contributed by atoms with Crippen LogP contribution in [-0.4, -0.2) is 42.9 Å². The van der Waals surface area contributed by atoms with Gasteiger partial charge in [0.25, 0.3) is 0 Å². The van der Waals surface area contributed by atoms with Crippen LogP contribution in [0.1, 0.15) is 30.9 Å². The number of likely N-dealkylation sites (tertiary alicyclic amines) is 1. The lowest BCUT2D eigenvalue weighted by atomic mass is 9.87. The second-order valence-corrected chi connectivity index (χ2v) is 6.78. The number of rotatable bonds is 6. The van der Waals surface area contributed by atoms with E-state index in [1.54, 1.807) is 0 Å². The summed E-state index contributed by atoms with van der Waals surface area (Å²) in [5, 5.41) is 10.6. The zero-order chi connectivity index (χ0) is 16.3. The molecule has 1 spiro atoms. The molecule has 0 aliphatic carbocycles. The Morgan fingerprint density at radius 2 is 2.22 bits per heavy atom. The number of nitrogens with zero attached hydrogens (tertiary/aromatic N) is 1. The fourth-order valence-corrected chi connectivity index (χ4v) is 3.78. The molecule has 0 saturated carbocycles. The first-order valence-corrected chi connectivity index (χ1v) is 8.54. The van der Waals surface area contributed by atoms with Crippen molar-refractivity contribution in [2.24, 2.45) is 5.41 Å². The summed E-state index contributed by atoms with van der Waals surface area (Å²) in [6, 6.07) is 3.89. The Bertz CT molecular complexity index is 564. The smallest absolute Gasteiger partial charge is 0.123 e. The fraction of sp³-hybridized carbons (Fsp3) is 0.579. The van der Waals surface area contributed by atoms with Gasteiger partial charge in [0.1, 0.15) is 11.5 Å². The van der Waals surface area contributed by atoms with Gasteiger partial charge >= 0.3 is 0 Å². The molecule has 1 unspecified atom stereocenters. The topological polar surface area (TPSA) is 41.9 Å². The molecule has 126 valence electrons. The minimum Gasteiger partial charge on any atom is -0.507 e. The van der Waals surface area contributed by atoms with E-state index in [1.165, 1.54) is 6.42 Å². The van der Waals surface area contributed by atoms with Crippen molar-refractivity contribution in [3.05, 3.63) is 35.9 Å². The van der Waals surface area contributed by atoms with Crippen LogP contribution in [0.25, 0.3) is 0 Å². The molecular formula is C19H27NO3. The molecule has 2 saturated heterocycles. The van der Waals surface area contributed by atoms with Gasteiger partial charge in [-0.15, -0.1) is 6.58 Å². The summed E-state index contributed by atoms with van der Waals surface area (Å²) < 4.78 is 11.3. The third-order valence-corrected chi connectivity index (χ3v) is 5.01. The van der Waals surface area contributed by atoms with Crippen LogP contribution < -0.4 is 4.74 Å². The number of hydrogen-bond acceptors (Lipinski definition) is 4. The van der Waals surface area contributed by atoms with Crippen LogP contribution in [0, 0.1) is 5.41 Å². The van der Waals surface area contributed by atoms with Gasteiger partial charge in [-0.25, -0.2) is 0 Å². The predicted octanol–water partition coefficient (Wildman–Crippen LogP) is 3.13. The summed E-state index contributed by atoms with van der Waals surface area (Å²) >= 11 is 0. The molecular weight excluding hydrogens is 290 g/mol. The summed E-state index contributed by atoms with van der Waals surface area (Å²) in [5.41, 5.74) is 2.18. The summed E-state index contributed by atoms with van der Waals surface area (Å²) in [7, 11) is 0. The van der Waals surface area contributed by atoms with Crippen molar-refractivity contribution in [1.82, 2.24) is 4.90 Å². The molecule has 2 aliphatic rings. The number of ether oxygens (including phenoxy) is 2. The second kappa shape index (κ2) is 6.93. The molecule has 23 heavy (non-hydrogen) atoms. The second-order valence-electron chi connectivity index (χ2n) is 6.78. The first kappa shape index (κ1) is 16.3. The third kappa shape index (κ3) is 3.54. The van der Waals surface area contributed by atoms with E-state index >= 15 is 0 Å². The number of benzene rings is 1. The molecule has 2 heterocycles. The van der Waals surface area contributed by atoms with Gasteiger partial charge < -0.3 is 14.6 Å². The van der Waals surface area contributed by atoms with Crippen molar-refractivity contribution in [1.29, 1.82) is 0 Å². The van der Waals surface area contributed by atoms with Crippen molar-refractivity contribution in [2.45, 2.75) is 32.7 Å². The first-order valence-electron chi connectivity index (χ1n) is 8.54. The monoisotopic (exact) mass is 317 g/mol. The van der Waals surface area contributed by atoms with Crippen LogP contribution in [-0.2, 0) is 17.7 Å². The van der Waals surface area contributed by atoms with Crippen LogP contribution in [0.2, 0.25) is 0 Å². The molecule has 4 heteroatoms. The van der Waals surface area contributed by atoms with Gasteiger partial charge in [0.2, 0.25) is 0 Å². The van der Waals surface area contributed by atoms with Crippen LogP contribution in [0.3, 0.4) is 0 Å². The molecule has 0 aromatic heterocycles. The van der Waals surface area contributed by atoms with E-state index in [0.717, 1.165) is 56.1 Å². The van der Waals surface area contributed by atoms with E-state index in [-0.39, 0.29) is 0 Å². The van der Waals surface area contributed by atoms with Crippen LogP contribution in [0.15, 0.2) is 24.8 Å². The van der Waals surface area contributed by atoms with Crippen molar-refractivity contribution < 1.29 is 14.6 Å². The van der Waals surface area contributed by atoms with Crippen molar-refractivity contribution in [3.63, 3.8) is 0 Å². The minimum absolute atomic E-state index is 0.344. The highest BCUT2D eigenvalue weighted by atomic mass is 16.5. The maximum Gasteiger partial charge on any atom is 0.123 e. The molecule has 4 nitrogen and oxygen atoms in total. The van der Waals surface area contributed by atoms with Gasteiger partial charge in [0.05, 0.1) is 13.2 Å². The van der Waals surface area contributed by atoms with Gasteiger partial charge in [-0.05, 0) is 44.9 Å². The van der Waals surface area contributed by atoms with Crippen LogP contribution >= 0.6 is 0 Å². The Hall–Kier alpha value is -1.52. The van der Waals surface area contributed by atoms with E-state index in [4.69, 9.17) is 9.47 Å². The fourth-order valence-electron chi connectivity index (χ4n) is 3.78. The van der Waals surface area contributed by atoms with Crippen LogP contribution in [0.4, 0.5) is 0 Å². The number of allylic oxidation sites excluding steroid dienone is 1. The highest BCUT2D eigenvalue weighted by Gasteiger charge is 2.41. The van der Waals surface area contributed by atoms with E-state index in [2.05, 4.69) is 11.5 Å². The third-order valence-electron chi connectivity index (χ3n) is 5.01. The molecule has 1 aromatic rings. The Kier molecular flexibility index (Phi) is 4.93. The van der Waals surface area contributed by atoms with E-state index in [0.29, 0.717) is 24.2 Å². The normalized spacial score (nSPS) is 24.4. The molecule has 0 amide bonds. The molecule has 1 N–H and O–H groups in total. The summed E-state index contributed by atoms with van der Waals surface area (Å²) in [5.74, 6) is 1.22. The standard InChI is InChI=1S/C19H27NO3/c1-3-5-15-10-17(23-4-2)11-16(18(15)21)12-20-8-6-19(13-20)7-9-22-14-19/h3,10-11,21H,1,4-9,12-14H2,2H3. The van der Waals surface area contributed by atoms with Gasteiger partial charge in [0, 0.05) is 36.2 Å². The number of hydrogen-bond donors (Lipinski definition) is 1. The maximum atomic E-state index is 10.6. The van der Waals surface area contributed by atoms with Gasteiger partial charge in [-0.3, -0.25) is 4.90 Å². The average Bonchev–Trinajstić information content (AvgIpc) is 3.15. The SMILES string of the molecule is C=CCc1cc(OCC)cc(CN2CCC3(CCOC3)C2)c1O. The molecule has 0 radical (unpaired) electrons. The molecule has 0 bridgehead atoms. The number of phenols is 1. The van der Waals surface area contributed by atoms with Gasteiger partial charge in [0.15, 0.2) is 0 Å². The van der Waals surface area contributed by atoms with E-state index in [9.17, 15) is 5.11 Å². The lowest BCUT2D eigenvalue weighted by Gasteiger charge is -2.23.